The Morgan fingerprint density at radius 2 is 1.86 bits per heavy atom. The van der Waals surface area contributed by atoms with Crippen molar-refractivity contribution < 1.29 is 19.1 Å². The molecule has 2 fully saturated rings. The van der Waals surface area contributed by atoms with E-state index in [1.54, 1.807) is 0 Å². The second-order valence-corrected chi connectivity index (χ2v) is 5.51. The molecule has 1 aromatic rings. The fourth-order valence-corrected chi connectivity index (χ4v) is 2.96. The molecule has 0 aliphatic carbocycles. The van der Waals surface area contributed by atoms with E-state index in [9.17, 15) is 14.4 Å². The Bertz CT molecular complexity index is 569. The Hall–Kier alpha value is -2.01. The van der Waals surface area contributed by atoms with Gasteiger partial charge in [0.25, 0.3) is 0 Å². The first-order valence-electron chi connectivity index (χ1n) is 7.15. The summed E-state index contributed by atoms with van der Waals surface area (Å²) in [4.78, 5) is 37.8. The van der Waals surface area contributed by atoms with Crippen LogP contribution in [0.15, 0.2) is 30.3 Å². The van der Waals surface area contributed by atoms with Crippen LogP contribution in [0.1, 0.15) is 18.4 Å². The predicted octanol–water partition coefficient (Wildman–Crippen LogP) is 1.17. The summed E-state index contributed by atoms with van der Waals surface area (Å²) in [7, 11) is 0. The summed E-state index contributed by atoms with van der Waals surface area (Å²) in [5.74, 6) is -1.42. The summed E-state index contributed by atoms with van der Waals surface area (Å²) >= 11 is 0. The minimum absolute atomic E-state index is 0.0361. The zero-order chi connectivity index (χ0) is 14.8. The molecule has 2 heterocycles. The average Bonchev–Trinajstić information content (AvgIpc) is 2.77. The summed E-state index contributed by atoms with van der Waals surface area (Å²) in [6, 6.07) is 9.39. The molecule has 2 amide bonds. The number of hydrogen-bond acceptors (Lipinski definition) is 4. The van der Waals surface area contributed by atoms with Gasteiger partial charge in [-0.1, -0.05) is 30.3 Å². The summed E-state index contributed by atoms with van der Waals surface area (Å²) in [6.07, 6.45) is 0.451. The Kier molecular flexibility index (Phi) is 3.84. The predicted molar refractivity (Wildman–Crippen MR) is 74.0 cm³/mol. The highest BCUT2D eigenvalue weighted by molar-refractivity contribution is 6.05. The molecule has 3 rings (SSSR count). The average molecular weight is 287 g/mol. The van der Waals surface area contributed by atoms with Gasteiger partial charge in [0.1, 0.15) is 5.78 Å². The quantitative estimate of drug-likeness (QED) is 0.783. The van der Waals surface area contributed by atoms with Crippen LogP contribution in [-0.2, 0) is 25.7 Å². The summed E-state index contributed by atoms with van der Waals surface area (Å²) in [5, 5.41) is 0. The van der Waals surface area contributed by atoms with Crippen LogP contribution in [0.4, 0.5) is 0 Å². The minimum atomic E-state index is -0.547. The first kappa shape index (κ1) is 13.9. The molecule has 0 saturated carbocycles. The second-order valence-electron chi connectivity index (χ2n) is 5.51. The number of carbonyl (C=O) groups excluding carboxylic acids is 3. The SMILES string of the molecule is O=C1CCOCC1[C@H]1CC(=O)N(Cc2ccccc2)C1=O. The zero-order valence-corrected chi connectivity index (χ0v) is 11.7. The maximum absolute atomic E-state index is 12.5. The van der Waals surface area contributed by atoms with Gasteiger partial charge in [-0.05, 0) is 5.56 Å². The number of imide groups is 1. The van der Waals surface area contributed by atoms with Crippen LogP contribution in [-0.4, -0.2) is 35.7 Å². The number of hydrogen-bond donors (Lipinski definition) is 0. The van der Waals surface area contributed by atoms with Gasteiger partial charge in [0.15, 0.2) is 0 Å². The summed E-state index contributed by atoms with van der Waals surface area (Å²) in [5.41, 5.74) is 0.908. The molecule has 2 atom stereocenters. The summed E-state index contributed by atoms with van der Waals surface area (Å²) < 4.78 is 5.30. The van der Waals surface area contributed by atoms with Gasteiger partial charge in [-0.3, -0.25) is 19.3 Å². The highest BCUT2D eigenvalue weighted by Gasteiger charge is 2.45. The van der Waals surface area contributed by atoms with Crippen molar-refractivity contribution in [2.75, 3.05) is 13.2 Å². The Morgan fingerprint density at radius 1 is 1.10 bits per heavy atom. The van der Waals surface area contributed by atoms with E-state index in [1.165, 1.54) is 4.90 Å². The Balaban J connectivity index is 1.74. The number of Topliss-reactive ketones (excluding diaryl/α,β-unsaturated/α-hetero) is 1. The zero-order valence-electron chi connectivity index (χ0n) is 11.7. The van der Waals surface area contributed by atoms with Gasteiger partial charge in [-0.2, -0.15) is 0 Å². The molecule has 2 saturated heterocycles. The van der Waals surface area contributed by atoms with Gasteiger partial charge in [0, 0.05) is 12.8 Å². The number of ether oxygens (including phenoxy) is 1. The van der Waals surface area contributed by atoms with Gasteiger partial charge in [-0.25, -0.2) is 0 Å². The Morgan fingerprint density at radius 3 is 2.57 bits per heavy atom. The van der Waals surface area contributed by atoms with Gasteiger partial charge in [-0.15, -0.1) is 0 Å². The largest absolute Gasteiger partial charge is 0.380 e. The standard InChI is InChI=1S/C16H17NO4/c18-14-6-7-21-10-13(14)12-8-15(19)17(16(12)20)9-11-4-2-1-3-5-11/h1-5,12-13H,6-10H2/t12-,13?/m1/s1. The third-order valence-corrected chi connectivity index (χ3v) is 4.15. The van der Waals surface area contributed by atoms with Crippen LogP contribution in [0.2, 0.25) is 0 Å². The molecule has 0 bridgehead atoms. The van der Waals surface area contributed by atoms with Crippen molar-refractivity contribution in [3.8, 4) is 0 Å². The molecule has 2 aliphatic heterocycles. The number of likely N-dealkylation sites (tertiary alicyclic amines) is 1. The topological polar surface area (TPSA) is 63.7 Å². The highest BCUT2D eigenvalue weighted by atomic mass is 16.5. The maximum atomic E-state index is 12.5. The number of benzene rings is 1. The van der Waals surface area contributed by atoms with Crippen LogP contribution in [0.5, 0.6) is 0 Å². The third-order valence-electron chi connectivity index (χ3n) is 4.15. The van der Waals surface area contributed by atoms with E-state index in [0.717, 1.165) is 5.56 Å². The van der Waals surface area contributed by atoms with Gasteiger partial charge < -0.3 is 4.74 Å². The fraction of sp³-hybridized carbons (Fsp3) is 0.438. The molecule has 0 radical (unpaired) electrons. The molecule has 2 aliphatic rings. The molecular formula is C16H17NO4. The monoisotopic (exact) mass is 287 g/mol. The van der Waals surface area contributed by atoms with Crippen molar-refractivity contribution in [1.29, 1.82) is 0 Å². The van der Waals surface area contributed by atoms with E-state index in [1.807, 2.05) is 30.3 Å². The fourth-order valence-electron chi connectivity index (χ4n) is 2.96. The molecule has 0 N–H and O–H groups in total. The van der Waals surface area contributed by atoms with Gasteiger partial charge in [0.05, 0.1) is 31.6 Å². The smallest absolute Gasteiger partial charge is 0.233 e. The highest BCUT2D eigenvalue weighted by Crippen LogP contribution is 2.31. The van der Waals surface area contributed by atoms with E-state index in [2.05, 4.69) is 0 Å². The van der Waals surface area contributed by atoms with Crippen LogP contribution in [0.3, 0.4) is 0 Å². The van der Waals surface area contributed by atoms with Crippen LogP contribution in [0, 0.1) is 11.8 Å². The van der Waals surface area contributed by atoms with Gasteiger partial charge >= 0.3 is 0 Å². The lowest BCUT2D eigenvalue weighted by atomic mass is 9.85. The van der Waals surface area contributed by atoms with E-state index >= 15 is 0 Å². The molecular weight excluding hydrogens is 270 g/mol. The number of amides is 2. The maximum Gasteiger partial charge on any atom is 0.233 e. The molecule has 1 aromatic carbocycles. The van der Waals surface area contributed by atoms with Crippen LogP contribution >= 0.6 is 0 Å². The van der Waals surface area contributed by atoms with Crippen LogP contribution in [0.25, 0.3) is 0 Å². The molecule has 5 heteroatoms. The van der Waals surface area contributed by atoms with Crippen molar-refractivity contribution in [1.82, 2.24) is 4.90 Å². The van der Waals surface area contributed by atoms with Crippen LogP contribution < -0.4 is 0 Å². The van der Waals surface area contributed by atoms with Crippen molar-refractivity contribution in [3.05, 3.63) is 35.9 Å². The number of rotatable bonds is 3. The van der Waals surface area contributed by atoms with Crippen molar-refractivity contribution in [2.24, 2.45) is 11.8 Å². The second kappa shape index (κ2) is 5.77. The minimum Gasteiger partial charge on any atom is -0.380 e. The van der Waals surface area contributed by atoms with E-state index in [0.29, 0.717) is 13.0 Å². The molecule has 1 unspecified atom stereocenters. The lowest BCUT2D eigenvalue weighted by molar-refractivity contribution is -0.144. The van der Waals surface area contributed by atoms with E-state index in [-0.39, 0.29) is 37.2 Å². The van der Waals surface area contributed by atoms with Crippen molar-refractivity contribution >= 4 is 17.6 Å². The van der Waals surface area contributed by atoms with Crippen molar-refractivity contribution in [3.63, 3.8) is 0 Å². The Labute approximate surface area is 122 Å². The molecule has 0 aromatic heterocycles. The lowest BCUT2D eigenvalue weighted by Gasteiger charge is -2.25. The normalized spacial score (nSPS) is 26.5. The molecule has 0 spiro atoms. The number of nitrogens with zero attached hydrogens (tertiary/aromatic N) is 1. The molecule has 5 nitrogen and oxygen atoms in total. The first-order valence-corrected chi connectivity index (χ1v) is 7.15. The van der Waals surface area contributed by atoms with E-state index < -0.39 is 11.8 Å². The lowest BCUT2D eigenvalue weighted by Crippen LogP contribution is -2.38. The third kappa shape index (κ3) is 2.74. The number of ketones is 1. The molecule has 21 heavy (non-hydrogen) atoms. The van der Waals surface area contributed by atoms with Crippen molar-refractivity contribution in [2.45, 2.75) is 19.4 Å². The van der Waals surface area contributed by atoms with Gasteiger partial charge in [0.2, 0.25) is 11.8 Å². The first-order chi connectivity index (χ1) is 10.2. The molecule has 110 valence electrons. The number of carbonyl (C=O) groups is 3. The summed E-state index contributed by atoms with van der Waals surface area (Å²) in [6.45, 7) is 0.941. The van der Waals surface area contributed by atoms with E-state index in [4.69, 9.17) is 4.74 Å².